The Morgan fingerprint density at radius 2 is 1.47 bits per heavy atom. The lowest BCUT2D eigenvalue weighted by Gasteiger charge is -2.31. The van der Waals surface area contributed by atoms with Crippen LogP contribution in [-0.4, -0.2) is 14.9 Å². The molecule has 0 fully saturated rings. The fourth-order valence-electron chi connectivity index (χ4n) is 2.58. The first kappa shape index (κ1) is 14.5. The largest absolute Gasteiger partial charge is 0.413 e. The molecule has 1 rings (SSSR count). The Bertz CT molecular complexity index is 301. The molecule has 1 nitrogen and oxygen atoms in total. The van der Waals surface area contributed by atoms with E-state index < -0.39 is 8.32 Å². The maximum Gasteiger partial charge on any atom is 0.224 e. The summed E-state index contributed by atoms with van der Waals surface area (Å²) in [5.74, 6) is 0. The molecule has 0 heterocycles. The van der Waals surface area contributed by atoms with Gasteiger partial charge in [0.15, 0.2) is 0 Å². The van der Waals surface area contributed by atoms with Crippen molar-refractivity contribution in [2.24, 2.45) is 0 Å². The molecule has 0 radical (unpaired) electrons. The molecule has 0 aliphatic rings. The van der Waals surface area contributed by atoms with E-state index in [-0.39, 0.29) is 0 Å². The minimum absolute atomic E-state index is 0.847. The molecule has 0 aliphatic carbocycles. The molecular formula is C15H26OSi. The van der Waals surface area contributed by atoms with Crippen LogP contribution in [0.4, 0.5) is 0 Å². The molecule has 1 aromatic rings. The molecule has 0 bridgehead atoms. The molecule has 0 saturated heterocycles. The molecule has 2 heteroatoms. The molecule has 0 saturated carbocycles. The number of aryl methyl sites for hydroxylation is 1. The Hall–Kier alpha value is -0.603. The molecule has 0 unspecified atom stereocenters. The number of hydrogen-bond acceptors (Lipinski definition) is 1. The summed E-state index contributed by atoms with van der Waals surface area (Å²) in [5.41, 5.74) is 1.33. The van der Waals surface area contributed by atoms with Crippen LogP contribution in [-0.2, 0) is 4.43 Å². The standard InChI is InChI=1S/C15H26OSi/c1-5-12-17(13-6-2,16-7-3)15-10-8-14(4)9-11-15/h8-11H,5-7,12-13H2,1-4H3. The molecule has 0 amide bonds. The SMILES string of the molecule is CCC[Si](CCC)(OCC)c1ccc(C)cc1. The van der Waals surface area contributed by atoms with Gasteiger partial charge in [-0.05, 0) is 31.1 Å². The average Bonchev–Trinajstić information content (AvgIpc) is 2.30. The highest BCUT2D eigenvalue weighted by molar-refractivity contribution is 6.86. The van der Waals surface area contributed by atoms with Crippen molar-refractivity contribution in [1.29, 1.82) is 0 Å². The lowest BCUT2D eigenvalue weighted by atomic mass is 10.2. The summed E-state index contributed by atoms with van der Waals surface area (Å²) < 4.78 is 6.28. The second kappa shape index (κ2) is 6.97. The predicted octanol–water partition coefficient (Wildman–Crippen LogP) is 4.00. The van der Waals surface area contributed by atoms with Crippen LogP contribution in [0.2, 0.25) is 12.1 Å². The zero-order chi connectivity index (χ0) is 12.7. The van der Waals surface area contributed by atoms with Crippen LogP contribution in [0.5, 0.6) is 0 Å². The molecule has 17 heavy (non-hydrogen) atoms. The van der Waals surface area contributed by atoms with Crippen LogP contribution in [0, 0.1) is 6.92 Å². The Labute approximate surface area is 107 Å². The predicted molar refractivity (Wildman–Crippen MR) is 78.4 cm³/mol. The van der Waals surface area contributed by atoms with Gasteiger partial charge in [0.05, 0.1) is 0 Å². The molecular weight excluding hydrogens is 224 g/mol. The number of hydrogen-bond donors (Lipinski definition) is 0. The highest BCUT2D eigenvalue weighted by Gasteiger charge is 2.34. The summed E-state index contributed by atoms with van der Waals surface area (Å²) in [6.45, 7) is 9.66. The Morgan fingerprint density at radius 1 is 0.941 bits per heavy atom. The molecule has 0 aliphatic heterocycles. The van der Waals surface area contributed by atoms with Crippen LogP contribution >= 0.6 is 0 Å². The Balaban J connectivity index is 3.04. The molecule has 0 N–H and O–H groups in total. The summed E-state index contributed by atoms with van der Waals surface area (Å²) in [5, 5.41) is 1.48. The fraction of sp³-hybridized carbons (Fsp3) is 0.600. The van der Waals surface area contributed by atoms with Crippen LogP contribution < -0.4 is 5.19 Å². The van der Waals surface area contributed by atoms with Crippen molar-refractivity contribution in [1.82, 2.24) is 0 Å². The highest BCUT2D eigenvalue weighted by atomic mass is 28.4. The van der Waals surface area contributed by atoms with E-state index >= 15 is 0 Å². The quantitative estimate of drug-likeness (QED) is 0.665. The van der Waals surface area contributed by atoms with Gasteiger partial charge in [-0.3, -0.25) is 0 Å². The van der Waals surface area contributed by atoms with E-state index in [0.717, 1.165) is 6.61 Å². The lowest BCUT2D eigenvalue weighted by molar-refractivity contribution is 0.327. The van der Waals surface area contributed by atoms with E-state index in [0.29, 0.717) is 0 Å². The first-order chi connectivity index (χ1) is 8.18. The second-order valence-corrected chi connectivity index (χ2v) is 8.65. The first-order valence-electron chi connectivity index (χ1n) is 6.89. The van der Waals surface area contributed by atoms with E-state index in [1.165, 1.54) is 35.7 Å². The molecule has 0 atom stereocenters. The topological polar surface area (TPSA) is 9.23 Å². The van der Waals surface area contributed by atoms with Crippen LogP contribution in [0.15, 0.2) is 24.3 Å². The third-order valence-electron chi connectivity index (χ3n) is 3.31. The van der Waals surface area contributed by atoms with Crippen molar-refractivity contribution >= 4 is 13.5 Å². The summed E-state index contributed by atoms with van der Waals surface area (Å²) >= 11 is 0. The van der Waals surface area contributed by atoms with Crippen molar-refractivity contribution in [2.45, 2.75) is 52.6 Å². The average molecular weight is 250 g/mol. The first-order valence-corrected chi connectivity index (χ1v) is 9.22. The van der Waals surface area contributed by atoms with Crippen LogP contribution in [0.25, 0.3) is 0 Å². The summed E-state index contributed by atoms with van der Waals surface area (Å²) in [7, 11) is -1.69. The lowest BCUT2D eigenvalue weighted by Crippen LogP contribution is -2.50. The molecule has 0 aromatic heterocycles. The molecule has 0 spiro atoms. The van der Waals surface area contributed by atoms with Gasteiger partial charge in [0, 0.05) is 6.61 Å². The summed E-state index contributed by atoms with van der Waals surface area (Å²) in [6.07, 6.45) is 2.44. The zero-order valence-electron chi connectivity index (χ0n) is 11.8. The van der Waals surface area contributed by atoms with Crippen LogP contribution in [0.3, 0.4) is 0 Å². The minimum atomic E-state index is -1.69. The maximum absolute atomic E-state index is 6.28. The molecule has 96 valence electrons. The highest BCUT2D eigenvalue weighted by Crippen LogP contribution is 2.21. The van der Waals surface area contributed by atoms with Gasteiger partial charge in [0.25, 0.3) is 0 Å². The summed E-state index contributed by atoms with van der Waals surface area (Å²) in [4.78, 5) is 0. The van der Waals surface area contributed by atoms with E-state index in [4.69, 9.17) is 4.43 Å². The van der Waals surface area contributed by atoms with Gasteiger partial charge in [-0.25, -0.2) is 0 Å². The fourth-order valence-corrected chi connectivity index (χ4v) is 6.81. The number of rotatable bonds is 7. The third-order valence-corrected chi connectivity index (χ3v) is 8.15. The molecule has 1 aromatic carbocycles. The van der Waals surface area contributed by atoms with Gasteiger partial charge in [-0.2, -0.15) is 0 Å². The number of benzene rings is 1. The maximum atomic E-state index is 6.28. The monoisotopic (exact) mass is 250 g/mol. The van der Waals surface area contributed by atoms with Gasteiger partial charge in [-0.1, -0.05) is 56.5 Å². The van der Waals surface area contributed by atoms with Gasteiger partial charge in [0.2, 0.25) is 8.32 Å². The van der Waals surface area contributed by atoms with Crippen molar-refractivity contribution in [3.8, 4) is 0 Å². The van der Waals surface area contributed by atoms with Crippen molar-refractivity contribution in [3.05, 3.63) is 29.8 Å². The van der Waals surface area contributed by atoms with E-state index in [9.17, 15) is 0 Å². The Kier molecular flexibility index (Phi) is 5.93. The smallest absolute Gasteiger partial charge is 0.224 e. The van der Waals surface area contributed by atoms with E-state index in [2.05, 4.69) is 52.0 Å². The van der Waals surface area contributed by atoms with E-state index in [1.807, 2.05) is 0 Å². The van der Waals surface area contributed by atoms with Crippen molar-refractivity contribution in [2.75, 3.05) is 6.61 Å². The normalized spacial score (nSPS) is 11.8. The third kappa shape index (κ3) is 3.68. The van der Waals surface area contributed by atoms with Gasteiger partial charge < -0.3 is 4.43 Å². The van der Waals surface area contributed by atoms with Crippen LogP contribution in [0.1, 0.15) is 39.2 Å². The van der Waals surface area contributed by atoms with Crippen molar-refractivity contribution < 1.29 is 4.43 Å². The Morgan fingerprint density at radius 3 is 1.88 bits per heavy atom. The van der Waals surface area contributed by atoms with E-state index in [1.54, 1.807) is 0 Å². The van der Waals surface area contributed by atoms with Gasteiger partial charge in [-0.15, -0.1) is 0 Å². The van der Waals surface area contributed by atoms with Gasteiger partial charge >= 0.3 is 0 Å². The van der Waals surface area contributed by atoms with Crippen molar-refractivity contribution in [3.63, 3.8) is 0 Å². The second-order valence-electron chi connectivity index (χ2n) is 4.79. The minimum Gasteiger partial charge on any atom is -0.413 e. The zero-order valence-corrected chi connectivity index (χ0v) is 12.8. The summed E-state index contributed by atoms with van der Waals surface area (Å²) in [6, 6.07) is 11.5. The van der Waals surface area contributed by atoms with Gasteiger partial charge in [0.1, 0.15) is 0 Å².